The number of nitrogens with one attached hydrogen (secondary N) is 1. The van der Waals surface area contributed by atoms with Gasteiger partial charge in [0.15, 0.2) is 5.96 Å². The van der Waals surface area contributed by atoms with E-state index in [1.807, 2.05) is 6.07 Å². The van der Waals surface area contributed by atoms with Gasteiger partial charge in [0.05, 0.1) is 18.8 Å². The summed E-state index contributed by atoms with van der Waals surface area (Å²) >= 11 is 0. The number of halogens is 1. The van der Waals surface area contributed by atoms with E-state index in [1.54, 1.807) is 6.26 Å². The number of guanidine groups is 1. The lowest BCUT2D eigenvalue weighted by molar-refractivity contribution is 0.0625. The molecular weight excluding hydrogens is 467 g/mol. The van der Waals surface area contributed by atoms with Crippen LogP contribution >= 0.6 is 24.0 Å². The third-order valence-electron chi connectivity index (χ3n) is 5.78. The van der Waals surface area contributed by atoms with E-state index in [2.05, 4.69) is 35.2 Å². The summed E-state index contributed by atoms with van der Waals surface area (Å²) in [5, 5.41) is 3.46. The number of ether oxygens (including phenoxy) is 1. The highest BCUT2D eigenvalue weighted by molar-refractivity contribution is 14.0. The number of hydrogen-bond acceptors (Lipinski definition) is 4. The highest BCUT2D eigenvalue weighted by Crippen LogP contribution is 2.26. The molecule has 0 aliphatic carbocycles. The molecule has 0 saturated carbocycles. The SMILES string of the molecule is CCNC(=NCC(c1ccco1)N1CCCC1)N(C)CCC1CCOCC1.I. The summed E-state index contributed by atoms with van der Waals surface area (Å²) in [5.74, 6) is 2.81. The zero-order chi connectivity index (χ0) is 18.9. The monoisotopic (exact) mass is 504 g/mol. The minimum atomic E-state index is 0. The molecule has 0 amide bonds. The Morgan fingerprint density at radius 3 is 2.71 bits per heavy atom. The molecule has 2 saturated heterocycles. The summed E-state index contributed by atoms with van der Waals surface area (Å²) in [4.78, 5) is 9.77. The molecule has 3 rings (SSSR count). The van der Waals surface area contributed by atoms with E-state index < -0.39 is 0 Å². The van der Waals surface area contributed by atoms with Crippen molar-refractivity contribution in [3.05, 3.63) is 24.2 Å². The van der Waals surface area contributed by atoms with Crippen LogP contribution < -0.4 is 5.32 Å². The number of furan rings is 1. The van der Waals surface area contributed by atoms with E-state index in [9.17, 15) is 0 Å². The molecule has 2 aliphatic heterocycles. The number of nitrogens with zero attached hydrogens (tertiary/aromatic N) is 3. The standard InChI is InChI=1S/C21H36N4O2.HI/c1-3-22-21(24(2)13-8-18-9-15-26-16-10-18)23-17-19(20-7-6-14-27-20)25-11-4-5-12-25;/h6-7,14,18-19H,3-5,8-13,15-17H2,1-2H3,(H,22,23);1H. The molecule has 6 nitrogen and oxygen atoms in total. The lowest BCUT2D eigenvalue weighted by Crippen LogP contribution is -2.41. The minimum absolute atomic E-state index is 0. The fourth-order valence-electron chi connectivity index (χ4n) is 4.08. The molecule has 1 N–H and O–H groups in total. The fourth-order valence-corrected chi connectivity index (χ4v) is 4.08. The molecule has 1 aromatic rings. The van der Waals surface area contributed by atoms with E-state index in [4.69, 9.17) is 14.1 Å². The first kappa shape index (κ1) is 23.5. The van der Waals surface area contributed by atoms with E-state index in [0.717, 1.165) is 63.6 Å². The first-order valence-electron chi connectivity index (χ1n) is 10.6. The smallest absolute Gasteiger partial charge is 0.193 e. The van der Waals surface area contributed by atoms with Gasteiger partial charge in [-0.05, 0) is 70.2 Å². The largest absolute Gasteiger partial charge is 0.468 e. The Morgan fingerprint density at radius 2 is 2.07 bits per heavy atom. The molecule has 2 fully saturated rings. The summed E-state index contributed by atoms with van der Waals surface area (Å²) < 4.78 is 11.2. The Morgan fingerprint density at radius 1 is 1.32 bits per heavy atom. The highest BCUT2D eigenvalue weighted by atomic mass is 127. The molecule has 1 atom stereocenters. The highest BCUT2D eigenvalue weighted by Gasteiger charge is 2.25. The van der Waals surface area contributed by atoms with Crippen LogP contribution in [0.5, 0.6) is 0 Å². The molecule has 0 bridgehead atoms. The third kappa shape index (κ3) is 6.91. The van der Waals surface area contributed by atoms with E-state index in [0.29, 0.717) is 0 Å². The van der Waals surface area contributed by atoms with Crippen LogP contribution in [0.1, 0.15) is 50.8 Å². The predicted octanol–water partition coefficient (Wildman–Crippen LogP) is 3.75. The Labute approximate surface area is 187 Å². The van der Waals surface area contributed by atoms with Crippen molar-refractivity contribution in [2.75, 3.05) is 53.0 Å². The zero-order valence-electron chi connectivity index (χ0n) is 17.4. The van der Waals surface area contributed by atoms with Gasteiger partial charge in [-0.1, -0.05) is 0 Å². The molecule has 1 unspecified atom stereocenters. The lowest BCUT2D eigenvalue weighted by Gasteiger charge is -2.28. The molecule has 2 aliphatic rings. The van der Waals surface area contributed by atoms with Crippen molar-refractivity contribution in [1.82, 2.24) is 15.1 Å². The second-order valence-corrected chi connectivity index (χ2v) is 7.73. The zero-order valence-corrected chi connectivity index (χ0v) is 19.8. The van der Waals surface area contributed by atoms with Crippen molar-refractivity contribution in [2.45, 2.75) is 45.1 Å². The number of rotatable bonds is 8. The lowest BCUT2D eigenvalue weighted by atomic mass is 9.96. The van der Waals surface area contributed by atoms with E-state index >= 15 is 0 Å². The maximum absolute atomic E-state index is 5.73. The Hall–Kier alpha value is -0.800. The Balaban J connectivity index is 0.00000280. The van der Waals surface area contributed by atoms with Gasteiger partial charge in [0.2, 0.25) is 0 Å². The molecule has 0 radical (unpaired) electrons. The Kier molecular flexibility index (Phi) is 10.6. The number of likely N-dealkylation sites (tertiary alicyclic amines) is 1. The van der Waals surface area contributed by atoms with Crippen LogP contribution in [0.4, 0.5) is 0 Å². The van der Waals surface area contributed by atoms with Crippen LogP contribution in [-0.2, 0) is 4.74 Å². The predicted molar refractivity (Wildman–Crippen MR) is 124 cm³/mol. The van der Waals surface area contributed by atoms with Crippen molar-refractivity contribution in [3.63, 3.8) is 0 Å². The fraction of sp³-hybridized carbons (Fsp3) is 0.762. The van der Waals surface area contributed by atoms with Crippen molar-refractivity contribution >= 4 is 29.9 Å². The van der Waals surface area contributed by atoms with Crippen LogP contribution in [-0.4, -0.2) is 68.7 Å². The summed E-state index contributed by atoms with van der Waals surface area (Å²) in [7, 11) is 2.15. The van der Waals surface area contributed by atoms with Gasteiger partial charge in [-0.15, -0.1) is 24.0 Å². The van der Waals surface area contributed by atoms with Gasteiger partial charge < -0.3 is 19.4 Å². The first-order valence-corrected chi connectivity index (χ1v) is 10.6. The van der Waals surface area contributed by atoms with Gasteiger partial charge in [-0.3, -0.25) is 9.89 Å². The van der Waals surface area contributed by atoms with Crippen molar-refractivity contribution in [3.8, 4) is 0 Å². The van der Waals surface area contributed by atoms with E-state index in [1.165, 1.54) is 32.1 Å². The van der Waals surface area contributed by atoms with Crippen LogP contribution in [0.3, 0.4) is 0 Å². The summed E-state index contributed by atoms with van der Waals surface area (Å²) in [6, 6.07) is 4.30. The summed E-state index contributed by atoms with van der Waals surface area (Å²) in [6.07, 6.45) is 7.90. The summed E-state index contributed by atoms with van der Waals surface area (Å²) in [5.41, 5.74) is 0. The van der Waals surface area contributed by atoms with Gasteiger partial charge in [-0.25, -0.2) is 0 Å². The van der Waals surface area contributed by atoms with Gasteiger partial charge in [0, 0.05) is 33.4 Å². The summed E-state index contributed by atoms with van der Waals surface area (Å²) in [6.45, 7) is 8.89. The Bertz CT molecular complexity index is 555. The third-order valence-corrected chi connectivity index (χ3v) is 5.78. The number of hydrogen-bond donors (Lipinski definition) is 1. The van der Waals surface area contributed by atoms with E-state index in [-0.39, 0.29) is 30.0 Å². The van der Waals surface area contributed by atoms with Crippen LogP contribution in [0.15, 0.2) is 27.8 Å². The minimum Gasteiger partial charge on any atom is -0.468 e. The second-order valence-electron chi connectivity index (χ2n) is 7.73. The molecule has 160 valence electrons. The normalized spacial score (nSPS) is 20.0. The van der Waals surface area contributed by atoms with Crippen molar-refractivity contribution in [1.29, 1.82) is 0 Å². The average Bonchev–Trinajstić information content (AvgIpc) is 3.41. The molecule has 28 heavy (non-hydrogen) atoms. The van der Waals surface area contributed by atoms with Gasteiger partial charge in [0.25, 0.3) is 0 Å². The maximum atomic E-state index is 5.73. The molecular formula is C21H37IN4O2. The van der Waals surface area contributed by atoms with Crippen molar-refractivity contribution in [2.24, 2.45) is 10.9 Å². The van der Waals surface area contributed by atoms with Gasteiger partial charge in [-0.2, -0.15) is 0 Å². The number of aliphatic imine (C=N–C) groups is 1. The second kappa shape index (κ2) is 12.7. The molecule has 0 spiro atoms. The first-order chi connectivity index (χ1) is 13.3. The molecule has 3 heterocycles. The maximum Gasteiger partial charge on any atom is 0.193 e. The molecule has 0 aromatic carbocycles. The topological polar surface area (TPSA) is 53.2 Å². The van der Waals surface area contributed by atoms with Gasteiger partial charge in [0.1, 0.15) is 5.76 Å². The quantitative estimate of drug-likeness (QED) is 0.332. The molecule has 1 aromatic heterocycles. The van der Waals surface area contributed by atoms with Crippen molar-refractivity contribution < 1.29 is 9.15 Å². The van der Waals surface area contributed by atoms with Crippen LogP contribution in [0.25, 0.3) is 0 Å². The molecule has 7 heteroatoms. The van der Waals surface area contributed by atoms with Crippen LogP contribution in [0.2, 0.25) is 0 Å². The van der Waals surface area contributed by atoms with Gasteiger partial charge >= 0.3 is 0 Å². The average molecular weight is 504 g/mol. The van der Waals surface area contributed by atoms with Crippen LogP contribution in [0, 0.1) is 5.92 Å².